The van der Waals surface area contributed by atoms with E-state index in [0.29, 0.717) is 34.8 Å². The standard InChI is InChI=1S/C22H23BrIN3O3/c1-6-30-19-16(24)9-13(10-18(19)29-5)12-25-27-20(28)15-11-14(23)7-8-17(15)26-21(27)22(2,3)4/h7-12H,6H2,1-5H3. The molecular formula is C22H23BrIN3O3. The average Bonchev–Trinajstić information content (AvgIpc) is 2.68. The minimum atomic E-state index is -0.372. The number of benzene rings is 2. The van der Waals surface area contributed by atoms with Crippen LogP contribution in [0.3, 0.4) is 0 Å². The Balaban J connectivity index is 2.17. The first kappa shape index (κ1) is 22.7. The summed E-state index contributed by atoms with van der Waals surface area (Å²) in [6.07, 6.45) is 1.64. The Hall–Kier alpha value is -1.94. The fourth-order valence-corrected chi connectivity index (χ4v) is 4.11. The molecule has 0 aliphatic heterocycles. The molecule has 0 fully saturated rings. The van der Waals surface area contributed by atoms with Crippen LogP contribution in [-0.4, -0.2) is 29.6 Å². The highest BCUT2D eigenvalue weighted by Gasteiger charge is 2.23. The van der Waals surface area contributed by atoms with Gasteiger partial charge in [0.05, 0.1) is 34.4 Å². The van der Waals surface area contributed by atoms with E-state index < -0.39 is 0 Å². The van der Waals surface area contributed by atoms with Crippen LogP contribution >= 0.6 is 38.5 Å². The van der Waals surface area contributed by atoms with E-state index in [1.807, 2.05) is 52.0 Å². The van der Waals surface area contributed by atoms with Crippen LogP contribution in [0.25, 0.3) is 10.9 Å². The van der Waals surface area contributed by atoms with E-state index in [1.54, 1.807) is 19.4 Å². The van der Waals surface area contributed by atoms with Crippen LogP contribution in [0.1, 0.15) is 39.1 Å². The number of halogens is 2. The Morgan fingerprint density at radius 1 is 1.27 bits per heavy atom. The molecule has 0 amide bonds. The summed E-state index contributed by atoms with van der Waals surface area (Å²) in [6.45, 7) is 8.50. The Kier molecular flexibility index (Phi) is 6.86. The molecule has 0 bridgehead atoms. The van der Waals surface area contributed by atoms with E-state index in [2.05, 4.69) is 43.6 Å². The lowest BCUT2D eigenvalue weighted by atomic mass is 9.95. The first-order chi connectivity index (χ1) is 14.2. The van der Waals surface area contributed by atoms with Crippen LogP contribution in [0.15, 0.2) is 44.7 Å². The molecule has 0 spiro atoms. The Morgan fingerprint density at radius 3 is 2.63 bits per heavy atom. The molecule has 3 rings (SSSR count). The second-order valence-corrected chi connectivity index (χ2v) is 9.75. The fraction of sp³-hybridized carbons (Fsp3) is 0.318. The number of methoxy groups -OCH3 is 1. The molecule has 2 aromatic carbocycles. The monoisotopic (exact) mass is 583 g/mol. The minimum Gasteiger partial charge on any atom is -0.493 e. The van der Waals surface area contributed by atoms with Crippen molar-refractivity contribution >= 4 is 55.6 Å². The molecule has 0 aliphatic carbocycles. The van der Waals surface area contributed by atoms with Gasteiger partial charge >= 0.3 is 0 Å². The van der Waals surface area contributed by atoms with Gasteiger partial charge in [-0.3, -0.25) is 4.79 Å². The Morgan fingerprint density at radius 2 is 2.00 bits per heavy atom. The number of ether oxygens (including phenoxy) is 2. The van der Waals surface area contributed by atoms with Gasteiger partial charge in [0.25, 0.3) is 5.56 Å². The summed E-state index contributed by atoms with van der Waals surface area (Å²) in [5.41, 5.74) is 0.857. The molecule has 0 unspecified atom stereocenters. The molecule has 1 heterocycles. The number of hydrogen-bond acceptors (Lipinski definition) is 5. The van der Waals surface area contributed by atoms with Crippen molar-refractivity contribution < 1.29 is 9.47 Å². The first-order valence-electron chi connectivity index (χ1n) is 9.43. The summed E-state index contributed by atoms with van der Waals surface area (Å²) in [4.78, 5) is 18.0. The van der Waals surface area contributed by atoms with Gasteiger partial charge in [-0.2, -0.15) is 9.78 Å². The molecule has 0 N–H and O–H groups in total. The molecule has 0 aliphatic rings. The number of hydrogen-bond donors (Lipinski definition) is 0. The first-order valence-corrected chi connectivity index (χ1v) is 11.3. The number of rotatable bonds is 5. The molecule has 3 aromatic rings. The van der Waals surface area contributed by atoms with Crippen molar-refractivity contribution in [3.8, 4) is 11.5 Å². The van der Waals surface area contributed by atoms with Crippen LogP contribution in [0, 0.1) is 3.57 Å². The van der Waals surface area contributed by atoms with Crippen molar-refractivity contribution in [2.24, 2.45) is 5.10 Å². The van der Waals surface area contributed by atoms with E-state index >= 15 is 0 Å². The second-order valence-electron chi connectivity index (χ2n) is 7.68. The summed E-state index contributed by atoms with van der Waals surface area (Å²) >= 11 is 5.63. The zero-order valence-electron chi connectivity index (χ0n) is 17.5. The van der Waals surface area contributed by atoms with E-state index in [4.69, 9.17) is 14.5 Å². The van der Waals surface area contributed by atoms with Crippen molar-refractivity contribution in [2.75, 3.05) is 13.7 Å². The van der Waals surface area contributed by atoms with E-state index in [1.165, 1.54) is 4.68 Å². The maximum atomic E-state index is 13.2. The van der Waals surface area contributed by atoms with Crippen LogP contribution in [0.2, 0.25) is 0 Å². The SMILES string of the molecule is CCOc1c(I)cc(C=Nn2c(C(C)(C)C)nc3ccc(Br)cc3c2=O)cc1OC. The van der Waals surface area contributed by atoms with Crippen LogP contribution in [0.4, 0.5) is 0 Å². The van der Waals surface area contributed by atoms with Gasteiger partial charge in [0.1, 0.15) is 5.82 Å². The second kappa shape index (κ2) is 9.05. The summed E-state index contributed by atoms with van der Waals surface area (Å²) in [5, 5.41) is 5.02. The lowest BCUT2D eigenvalue weighted by Crippen LogP contribution is -2.29. The normalized spacial score (nSPS) is 12.0. The summed E-state index contributed by atoms with van der Waals surface area (Å²) < 4.78 is 14.2. The topological polar surface area (TPSA) is 65.7 Å². The van der Waals surface area contributed by atoms with Crippen molar-refractivity contribution in [3.63, 3.8) is 0 Å². The third kappa shape index (κ3) is 4.69. The Bertz CT molecular complexity index is 1180. The third-order valence-electron chi connectivity index (χ3n) is 4.34. The van der Waals surface area contributed by atoms with Gasteiger partial charge in [-0.25, -0.2) is 4.98 Å². The zero-order valence-corrected chi connectivity index (χ0v) is 21.2. The van der Waals surface area contributed by atoms with Crippen LogP contribution < -0.4 is 15.0 Å². The minimum absolute atomic E-state index is 0.213. The maximum absolute atomic E-state index is 13.2. The van der Waals surface area contributed by atoms with Gasteiger partial charge in [0.15, 0.2) is 11.5 Å². The van der Waals surface area contributed by atoms with E-state index in [-0.39, 0.29) is 11.0 Å². The lowest BCUT2D eigenvalue weighted by Gasteiger charge is -2.21. The molecule has 0 saturated carbocycles. The van der Waals surface area contributed by atoms with Crippen LogP contribution in [-0.2, 0) is 5.41 Å². The molecule has 0 atom stereocenters. The smallest absolute Gasteiger partial charge is 0.282 e. The number of aromatic nitrogens is 2. The highest BCUT2D eigenvalue weighted by Crippen LogP contribution is 2.33. The fourth-order valence-electron chi connectivity index (χ4n) is 2.96. The predicted molar refractivity (Wildman–Crippen MR) is 132 cm³/mol. The van der Waals surface area contributed by atoms with Gasteiger partial charge in [-0.1, -0.05) is 36.7 Å². The van der Waals surface area contributed by atoms with Gasteiger partial charge in [0.2, 0.25) is 0 Å². The van der Waals surface area contributed by atoms with Crippen molar-refractivity contribution in [1.29, 1.82) is 0 Å². The summed E-state index contributed by atoms with van der Waals surface area (Å²) in [5.74, 6) is 1.91. The van der Waals surface area contributed by atoms with Crippen LogP contribution in [0.5, 0.6) is 11.5 Å². The van der Waals surface area contributed by atoms with E-state index in [9.17, 15) is 4.79 Å². The van der Waals surface area contributed by atoms with Crippen molar-refractivity contribution in [3.05, 3.63) is 60.1 Å². The summed E-state index contributed by atoms with van der Waals surface area (Å²) in [7, 11) is 1.60. The zero-order chi connectivity index (χ0) is 22.1. The molecule has 0 saturated heterocycles. The lowest BCUT2D eigenvalue weighted by molar-refractivity contribution is 0.308. The van der Waals surface area contributed by atoms with Gasteiger partial charge in [-0.15, -0.1) is 0 Å². The molecule has 0 radical (unpaired) electrons. The Labute approximate surface area is 197 Å². The largest absolute Gasteiger partial charge is 0.493 e. The van der Waals surface area contributed by atoms with Gasteiger partial charge < -0.3 is 9.47 Å². The van der Waals surface area contributed by atoms with E-state index in [0.717, 1.165) is 13.6 Å². The number of nitrogens with zero attached hydrogens (tertiary/aromatic N) is 3. The predicted octanol–water partition coefficient (Wildman–Crippen LogP) is 5.35. The maximum Gasteiger partial charge on any atom is 0.282 e. The highest BCUT2D eigenvalue weighted by atomic mass is 127. The van der Waals surface area contributed by atoms with Gasteiger partial charge in [0, 0.05) is 9.89 Å². The molecule has 8 heteroatoms. The molecule has 30 heavy (non-hydrogen) atoms. The molecule has 6 nitrogen and oxygen atoms in total. The van der Waals surface area contributed by atoms with Crippen molar-refractivity contribution in [2.45, 2.75) is 33.1 Å². The number of fused-ring (bicyclic) bond motifs is 1. The van der Waals surface area contributed by atoms with Crippen molar-refractivity contribution in [1.82, 2.24) is 9.66 Å². The molecular weight excluding hydrogens is 561 g/mol. The molecule has 158 valence electrons. The van der Waals surface area contributed by atoms with Gasteiger partial charge in [-0.05, 0) is 65.4 Å². The summed E-state index contributed by atoms with van der Waals surface area (Å²) in [6, 6.07) is 9.26. The highest BCUT2D eigenvalue weighted by molar-refractivity contribution is 14.1. The quantitative estimate of drug-likeness (QED) is 0.300. The third-order valence-corrected chi connectivity index (χ3v) is 5.64. The molecule has 1 aromatic heterocycles. The average molecular weight is 584 g/mol.